The summed E-state index contributed by atoms with van der Waals surface area (Å²) in [6, 6.07) is 12.7. The number of benzene rings is 2. The molecule has 0 aromatic heterocycles. The van der Waals surface area contributed by atoms with Crippen molar-refractivity contribution < 1.29 is 9.50 Å². The molecule has 2 aromatic carbocycles. The fourth-order valence-corrected chi connectivity index (χ4v) is 3.62. The monoisotopic (exact) mass is 348 g/mol. The van der Waals surface area contributed by atoms with Gasteiger partial charge < -0.3 is 5.11 Å². The number of aliphatic hydroxyl groups is 1. The summed E-state index contributed by atoms with van der Waals surface area (Å²) in [5.74, 6) is -0.265. The summed E-state index contributed by atoms with van der Waals surface area (Å²) < 4.78 is 14.3. The molecule has 21 heavy (non-hydrogen) atoms. The summed E-state index contributed by atoms with van der Waals surface area (Å²) in [7, 11) is 0. The fraction of sp³-hybridized carbons (Fsp3) is 0.333. The maximum atomic E-state index is 13.5. The fourth-order valence-electron chi connectivity index (χ4n) is 3.24. The van der Waals surface area contributed by atoms with Crippen LogP contribution in [0.25, 0.3) is 0 Å². The lowest BCUT2D eigenvalue weighted by Crippen LogP contribution is -2.29. The molecule has 2 aromatic rings. The summed E-state index contributed by atoms with van der Waals surface area (Å²) in [6.07, 6.45) is 4.22. The Morgan fingerprint density at radius 3 is 2.81 bits per heavy atom. The number of hydrogen-bond donors (Lipinski definition) is 1. The second-order valence-electron chi connectivity index (χ2n) is 5.81. The normalized spacial score (nSPS) is 21.7. The van der Waals surface area contributed by atoms with Gasteiger partial charge in [0.2, 0.25) is 0 Å². The van der Waals surface area contributed by atoms with E-state index in [1.54, 1.807) is 6.07 Å². The van der Waals surface area contributed by atoms with Crippen molar-refractivity contribution in [3.63, 3.8) is 0 Å². The molecule has 0 amide bonds. The van der Waals surface area contributed by atoms with Crippen LogP contribution in [0.2, 0.25) is 0 Å². The number of rotatable bonds is 2. The molecule has 1 atom stereocenters. The summed E-state index contributed by atoms with van der Waals surface area (Å²) >= 11 is 3.46. The van der Waals surface area contributed by atoms with E-state index in [2.05, 4.69) is 22.0 Å². The lowest BCUT2D eigenvalue weighted by Gasteiger charge is -2.29. The van der Waals surface area contributed by atoms with Crippen LogP contribution in [-0.4, -0.2) is 5.11 Å². The summed E-state index contributed by atoms with van der Waals surface area (Å²) in [6.45, 7) is 0. The van der Waals surface area contributed by atoms with Crippen LogP contribution in [0.4, 0.5) is 4.39 Å². The van der Waals surface area contributed by atoms with Gasteiger partial charge >= 0.3 is 0 Å². The van der Waals surface area contributed by atoms with Crippen molar-refractivity contribution in [1.29, 1.82) is 0 Å². The standard InChI is InChI=1S/C18H18BrFO/c19-17-9-8-15(20)11-14(17)12-18(21)10-4-3-6-13-5-1-2-7-16(13)18/h1-2,5,7-9,11,21H,3-4,6,10,12H2. The SMILES string of the molecule is OC1(Cc2cc(F)ccc2Br)CCCCc2ccccc21. The van der Waals surface area contributed by atoms with E-state index in [4.69, 9.17) is 0 Å². The molecule has 0 saturated carbocycles. The quantitative estimate of drug-likeness (QED) is 0.776. The van der Waals surface area contributed by atoms with Gasteiger partial charge in [-0.1, -0.05) is 40.2 Å². The third-order valence-electron chi connectivity index (χ3n) is 4.30. The van der Waals surface area contributed by atoms with Gasteiger partial charge in [0.1, 0.15) is 5.82 Å². The molecule has 0 spiro atoms. The van der Waals surface area contributed by atoms with Gasteiger partial charge in [0.15, 0.2) is 0 Å². The highest BCUT2D eigenvalue weighted by Gasteiger charge is 2.33. The first kappa shape index (κ1) is 14.7. The summed E-state index contributed by atoms with van der Waals surface area (Å²) in [5, 5.41) is 11.2. The molecular weight excluding hydrogens is 331 g/mol. The van der Waals surface area contributed by atoms with Crippen LogP contribution in [0, 0.1) is 5.82 Å². The highest BCUT2D eigenvalue weighted by Crippen LogP contribution is 2.38. The Hall–Kier alpha value is -1.19. The van der Waals surface area contributed by atoms with Gasteiger partial charge in [-0.2, -0.15) is 0 Å². The topological polar surface area (TPSA) is 20.2 Å². The molecular formula is C18H18BrFO. The van der Waals surface area contributed by atoms with Crippen LogP contribution < -0.4 is 0 Å². The van der Waals surface area contributed by atoms with Crippen LogP contribution in [-0.2, 0) is 18.4 Å². The van der Waals surface area contributed by atoms with Gasteiger partial charge in [-0.05, 0) is 60.6 Å². The zero-order valence-corrected chi connectivity index (χ0v) is 13.4. The maximum absolute atomic E-state index is 13.5. The summed E-state index contributed by atoms with van der Waals surface area (Å²) in [4.78, 5) is 0. The van der Waals surface area contributed by atoms with Crippen LogP contribution in [0.3, 0.4) is 0 Å². The van der Waals surface area contributed by atoms with Crippen molar-refractivity contribution in [2.24, 2.45) is 0 Å². The van der Waals surface area contributed by atoms with Gasteiger partial charge in [-0.3, -0.25) is 0 Å². The van der Waals surface area contributed by atoms with E-state index >= 15 is 0 Å². The van der Waals surface area contributed by atoms with Crippen molar-refractivity contribution in [2.45, 2.75) is 37.7 Å². The molecule has 1 aliphatic rings. The van der Waals surface area contributed by atoms with Gasteiger partial charge in [0, 0.05) is 10.9 Å². The van der Waals surface area contributed by atoms with E-state index in [1.165, 1.54) is 17.7 Å². The first-order chi connectivity index (χ1) is 10.1. The van der Waals surface area contributed by atoms with Crippen LogP contribution in [0.1, 0.15) is 36.0 Å². The number of fused-ring (bicyclic) bond motifs is 1. The van der Waals surface area contributed by atoms with E-state index in [1.807, 2.05) is 18.2 Å². The lowest BCUT2D eigenvalue weighted by molar-refractivity contribution is 0.0270. The first-order valence-corrected chi connectivity index (χ1v) is 8.12. The molecule has 1 aliphatic carbocycles. The Balaban J connectivity index is 2.02. The van der Waals surface area contributed by atoms with Crippen molar-refractivity contribution in [3.05, 3.63) is 69.4 Å². The first-order valence-electron chi connectivity index (χ1n) is 7.33. The van der Waals surface area contributed by atoms with Gasteiger partial charge in [0.25, 0.3) is 0 Å². The molecule has 0 heterocycles. The molecule has 1 nitrogen and oxygen atoms in total. The zero-order valence-electron chi connectivity index (χ0n) is 11.8. The van der Waals surface area contributed by atoms with Crippen LogP contribution in [0.15, 0.2) is 46.9 Å². The predicted octanol–water partition coefficient (Wildman–Crippen LogP) is 4.74. The third-order valence-corrected chi connectivity index (χ3v) is 5.07. The average molecular weight is 349 g/mol. The molecule has 1 unspecified atom stereocenters. The zero-order chi connectivity index (χ0) is 14.9. The van der Waals surface area contributed by atoms with Gasteiger partial charge in [-0.15, -0.1) is 0 Å². The smallest absolute Gasteiger partial charge is 0.123 e. The number of hydrogen-bond acceptors (Lipinski definition) is 1. The molecule has 0 fully saturated rings. The van der Waals surface area contributed by atoms with E-state index in [0.29, 0.717) is 12.8 Å². The number of halogens is 2. The minimum Gasteiger partial charge on any atom is -0.385 e. The molecule has 0 radical (unpaired) electrons. The minimum atomic E-state index is -0.913. The number of aryl methyl sites for hydroxylation is 1. The van der Waals surface area contributed by atoms with E-state index in [0.717, 1.165) is 34.9 Å². The lowest BCUT2D eigenvalue weighted by atomic mass is 9.83. The molecule has 3 rings (SSSR count). The Kier molecular flexibility index (Phi) is 4.14. The largest absolute Gasteiger partial charge is 0.385 e. The van der Waals surface area contributed by atoms with Gasteiger partial charge in [-0.25, -0.2) is 4.39 Å². The van der Waals surface area contributed by atoms with Gasteiger partial charge in [0.05, 0.1) is 5.60 Å². The Morgan fingerprint density at radius 1 is 1.14 bits per heavy atom. The maximum Gasteiger partial charge on any atom is 0.123 e. The molecule has 110 valence electrons. The molecule has 3 heteroatoms. The third kappa shape index (κ3) is 3.04. The average Bonchev–Trinajstić information content (AvgIpc) is 2.63. The Morgan fingerprint density at radius 2 is 1.95 bits per heavy atom. The summed E-state index contributed by atoms with van der Waals surface area (Å²) in [5.41, 5.74) is 2.11. The van der Waals surface area contributed by atoms with Crippen molar-refractivity contribution in [2.75, 3.05) is 0 Å². The van der Waals surface area contributed by atoms with Crippen LogP contribution >= 0.6 is 15.9 Å². The van der Waals surface area contributed by atoms with E-state index in [-0.39, 0.29) is 5.82 Å². The van der Waals surface area contributed by atoms with E-state index in [9.17, 15) is 9.50 Å². The highest BCUT2D eigenvalue weighted by molar-refractivity contribution is 9.10. The highest BCUT2D eigenvalue weighted by atomic mass is 79.9. The Bertz CT molecular complexity index is 655. The predicted molar refractivity (Wildman–Crippen MR) is 85.7 cm³/mol. The second-order valence-corrected chi connectivity index (χ2v) is 6.66. The van der Waals surface area contributed by atoms with Crippen molar-refractivity contribution in [3.8, 4) is 0 Å². The molecule has 0 bridgehead atoms. The van der Waals surface area contributed by atoms with Crippen LogP contribution in [0.5, 0.6) is 0 Å². The molecule has 0 saturated heterocycles. The molecule has 1 N–H and O–H groups in total. The molecule has 0 aliphatic heterocycles. The Labute approximate surface area is 132 Å². The van der Waals surface area contributed by atoms with Crippen molar-refractivity contribution >= 4 is 15.9 Å². The van der Waals surface area contributed by atoms with E-state index < -0.39 is 5.60 Å². The minimum absolute atomic E-state index is 0.265. The van der Waals surface area contributed by atoms with Crippen molar-refractivity contribution in [1.82, 2.24) is 0 Å². The second kappa shape index (κ2) is 5.90.